The smallest absolute Gasteiger partial charge is 0.234 e. The fourth-order valence-electron chi connectivity index (χ4n) is 3.54. The Morgan fingerprint density at radius 2 is 2.07 bits per heavy atom. The fourth-order valence-corrected chi connectivity index (χ4v) is 4.38. The number of rotatable bonds is 7. The molecule has 3 aromatic rings. The molecule has 0 bridgehead atoms. The predicted octanol–water partition coefficient (Wildman–Crippen LogP) is 3.90. The molecule has 5 nitrogen and oxygen atoms in total. The minimum atomic E-state index is -0.0108. The molecule has 1 amide bonds. The number of carbonyl (C=O) groups is 1. The van der Waals surface area contributed by atoms with Crippen molar-refractivity contribution in [1.82, 2.24) is 9.55 Å². The van der Waals surface area contributed by atoms with E-state index in [4.69, 9.17) is 4.74 Å². The molecule has 2 aromatic carbocycles. The first-order valence-electron chi connectivity index (χ1n) is 9.23. The Morgan fingerprint density at radius 3 is 2.96 bits per heavy atom. The molecule has 1 aliphatic carbocycles. The normalized spacial score (nSPS) is 13.1. The second-order valence-electron chi connectivity index (χ2n) is 6.70. The van der Waals surface area contributed by atoms with Gasteiger partial charge in [-0.05, 0) is 54.7 Å². The summed E-state index contributed by atoms with van der Waals surface area (Å²) < 4.78 is 7.34. The molecule has 6 heteroatoms. The van der Waals surface area contributed by atoms with Crippen molar-refractivity contribution in [3.63, 3.8) is 0 Å². The maximum absolute atomic E-state index is 12.4. The number of amides is 1. The molecule has 0 atom stereocenters. The average Bonchev–Trinajstić information content (AvgIpc) is 3.28. The third-order valence-corrected chi connectivity index (χ3v) is 5.83. The van der Waals surface area contributed by atoms with E-state index in [-0.39, 0.29) is 5.91 Å². The largest absolute Gasteiger partial charge is 0.383 e. The number of para-hydroxylation sites is 2. The van der Waals surface area contributed by atoms with Gasteiger partial charge in [0.05, 0.1) is 23.4 Å². The summed E-state index contributed by atoms with van der Waals surface area (Å²) in [6, 6.07) is 14.3. The number of aromatic nitrogens is 2. The zero-order chi connectivity index (χ0) is 18.6. The number of nitrogens with one attached hydrogen (secondary N) is 1. The number of methoxy groups -OCH3 is 1. The number of hydrogen-bond acceptors (Lipinski definition) is 4. The fraction of sp³-hybridized carbons (Fsp3) is 0.333. The number of benzene rings is 2. The van der Waals surface area contributed by atoms with E-state index in [0.29, 0.717) is 18.9 Å². The van der Waals surface area contributed by atoms with E-state index in [1.54, 1.807) is 7.11 Å². The topological polar surface area (TPSA) is 56.1 Å². The van der Waals surface area contributed by atoms with E-state index in [9.17, 15) is 4.79 Å². The lowest BCUT2D eigenvalue weighted by Gasteiger charge is -2.09. The Kier molecular flexibility index (Phi) is 5.45. The van der Waals surface area contributed by atoms with Crippen molar-refractivity contribution in [3.8, 4) is 0 Å². The summed E-state index contributed by atoms with van der Waals surface area (Å²) in [5.41, 5.74) is 5.66. The van der Waals surface area contributed by atoms with E-state index >= 15 is 0 Å². The van der Waals surface area contributed by atoms with Crippen LogP contribution in [0.1, 0.15) is 17.5 Å². The van der Waals surface area contributed by atoms with Crippen molar-refractivity contribution in [3.05, 3.63) is 53.6 Å². The second kappa shape index (κ2) is 8.15. The van der Waals surface area contributed by atoms with Crippen molar-refractivity contribution in [1.29, 1.82) is 0 Å². The summed E-state index contributed by atoms with van der Waals surface area (Å²) in [4.78, 5) is 17.1. The zero-order valence-electron chi connectivity index (χ0n) is 15.4. The van der Waals surface area contributed by atoms with Crippen molar-refractivity contribution in [2.45, 2.75) is 31.0 Å². The van der Waals surface area contributed by atoms with Crippen molar-refractivity contribution in [2.75, 3.05) is 24.8 Å². The predicted molar refractivity (Wildman–Crippen MR) is 109 cm³/mol. The Morgan fingerprint density at radius 1 is 1.22 bits per heavy atom. The zero-order valence-corrected chi connectivity index (χ0v) is 16.2. The lowest BCUT2D eigenvalue weighted by Crippen LogP contribution is -2.15. The number of aryl methyl sites for hydroxylation is 2. The van der Waals surface area contributed by atoms with Gasteiger partial charge in [-0.2, -0.15) is 0 Å². The van der Waals surface area contributed by atoms with Crippen LogP contribution in [0.3, 0.4) is 0 Å². The Labute approximate surface area is 163 Å². The number of carbonyl (C=O) groups excluding carboxylic acids is 1. The monoisotopic (exact) mass is 381 g/mol. The van der Waals surface area contributed by atoms with Gasteiger partial charge in [0.15, 0.2) is 5.16 Å². The molecular weight excluding hydrogens is 358 g/mol. The molecular formula is C21H23N3O2S. The lowest BCUT2D eigenvalue weighted by atomic mass is 10.1. The van der Waals surface area contributed by atoms with Gasteiger partial charge in [0.25, 0.3) is 0 Å². The molecule has 4 rings (SSSR count). The van der Waals surface area contributed by atoms with Gasteiger partial charge in [-0.15, -0.1) is 0 Å². The number of thioether (sulfide) groups is 1. The van der Waals surface area contributed by atoms with Crippen molar-refractivity contribution >= 4 is 34.4 Å². The first kappa shape index (κ1) is 18.1. The van der Waals surface area contributed by atoms with E-state index in [2.05, 4.69) is 27.0 Å². The number of imidazole rings is 1. The van der Waals surface area contributed by atoms with Crippen LogP contribution in [0, 0.1) is 0 Å². The summed E-state index contributed by atoms with van der Waals surface area (Å²) >= 11 is 1.46. The van der Waals surface area contributed by atoms with Crippen LogP contribution in [0.15, 0.2) is 47.6 Å². The maximum Gasteiger partial charge on any atom is 0.234 e. The third-order valence-electron chi connectivity index (χ3n) is 4.85. The van der Waals surface area contributed by atoms with Gasteiger partial charge in [0, 0.05) is 19.3 Å². The Bertz CT molecular complexity index is 967. The molecule has 140 valence electrons. The summed E-state index contributed by atoms with van der Waals surface area (Å²) in [6.45, 7) is 1.32. The van der Waals surface area contributed by atoms with Gasteiger partial charge >= 0.3 is 0 Å². The lowest BCUT2D eigenvalue weighted by molar-refractivity contribution is -0.113. The molecule has 0 spiro atoms. The highest BCUT2D eigenvalue weighted by Crippen LogP contribution is 2.26. The van der Waals surface area contributed by atoms with E-state index in [1.807, 2.05) is 30.3 Å². The van der Waals surface area contributed by atoms with Crippen molar-refractivity contribution in [2.24, 2.45) is 0 Å². The molecule has 0 aliphatic heterocycles. The molecule has 1 N–H and O–H groups in total. The summed E-state index contributed by atoms with van der Waals surface area (Å²) in [5.74, 6) is 0.316. The van der Waals surface area contributed by atoms with Crippen LogP contribution in [0.25, 0.3) is 11.0 Å². The molecule has 0 saturated carbocycles. The minimum absolute atomic E-state index is 0.0108. The first-order chi connectivity index (χ1) is 13.2. The van der Waals surface area contributed by atoms with Gasteiger partial charge in [0.2, 0.25) is 5.91 Å². The summed E-state index contributed by atoms with van der Waals surface area (Å²) in [6.07, 6.45) is 3.47. The maximum atomic E-state index is 12.4. The van der Waals surface area contributed by atoms with Gasteiger partial charge in [-0.3, -0.25) is 4.79 Å². The van der Waals surface area contributed by atoms with Gasteiger partial charge in [-0.1, -0.05) is 30.0 Å². The molecule has 0 saturated heterocycles. The number of hydrogen-bond donors (Lipinski definition) is 1. The van der Waals surface area contributed by atoms with Crippen molar-refractivity contribution < 1.29 is 9.53 Å². The van der Waals surface area contributed by atoms with E-state index < -0.39 is 0 Å². The van der Waals surface area contributed by atoms with Crippen LogP contribution in [-0.2, 0) is 28.9 Å². The average molecular weight is 382 g/mol. The van der Waals surface area contributed by atoms with Gasteiger partial charge in [-0.25, -0.2) is 4.98 Å². The van der Waals surface area contributed by atoms with E-state index in [1.165, 1.54) is 29.3 Å². The molecule has 1 heterocycles. The summed E-state index contributed by atoms with van der Waals surface area (Å²) in [5, 5.41) is 3.86. The van der Waals surface area contributed by atoms with Crippen LogP contribution >= 0.6 is 11.8 Å². The van der Waals surface area contributed by atoms with Crippen LogP contribution < -0.4 is 5.32 Å². The molecule has 1 aliphatic rings. The Hall–Kier alpha value is -2.31. The molecule has 27 heavy (non-hydrogen) atoms. The highest BCUT2D eigenvalue weighted by Gasteiger charge is 2.14. The van der Waals surface area contributed by atoms with Gasteiger partial charge in [0.1, 0.15) is 0 Å². The van der Waals surface area contributed by atoms with Crippen LogP contribution in [0.5, 0.6) is 0 Å². The van der Waals surface area contributed by atoms with E-state index in [0.717, 1.165) is 34.7 Å². The molecule has 0 unspecified atom stereocenters. The minimum Gasteiger partial charge on any atom is -0.383 e. The molecule has 0 fully saturated rings. The molecule has 1 aromatic heterocycles. The Balaban J connectivity index is 1.44. The van der Waals surface area contributed by atoms with Crippen LogP contribution in [0.4, 0.5) is 5.69 Å². The third kappa shape index (κ3) is 4.01. The highest BCUT2D eigenvalue weighted by atomic mass is 32.2. The molecule has 0 radical (unpaired) electrons. The first-order valence-corrected chi connectivity index (χ1v) is 10.2. The SMILES string of the molecule is COCCn1c(SCC(=O)Nc2ccc3c(c2)CCC3)nc2ccccc21. The number of nitrogens with zero attached hydrogens (tertiary/aromatic N) is 2. The quantitative estimate of drug-likeness (QED) is 0.631. The summed E-state index contributed by atoms with van der Waals surface area (Å²) in [7, 11) is 1.69. The number of ether oxygens (including phenoxy) is 1. The number of fused-ring (bicyclic) bond motifs is 2. The van der Waals surface area contributed by atoms with Gasteiger partial charge < -0.3 is 14.6 Å². The van der Waals surface area contributed by atoms with Crippen LogP contribution in [0.2, 0.25) is 0 Å². The standard InChI is InChI=1S/C21H23N3O2S/c1-26-12-11-24-19-8-3-2-7-18(19)23-21(24)27-14-20(25)22-17-10-9-15-5-4-6-16(15)13-17/h2-3,7-10,13H,4-6,11-12,14H2,1H3,(H,22,25). The number of anilines is 1. The highest BCUT2D eigenvalue weighted by molar-refractivity contribution is 7.99. The second-order valence-corrected chi connectivity index (χ2v) is 7.64. The van der Waals surface area contributed by atoms with Crippen LogP contribution in [-0.4, -0.2) is 34.9 Å².